The van der Waals surface area contributed by atoms with E-state index in [1.807, 2.05) is 0 Å². The first-order valence-electron chi connectivity index (χ1n) is 18.2. The number of para-hydroxylation sites is 3. The Kier molecular flexibility index (Phi) is 6.83. The van der Waals surface area contributed by atoms with E-state index >= 15 is 0 Å². The van der Waals surface area contributed by atoms with Crippen molar-refractivity contribution in [2.24, 2.45) is 0 Å². The summed E-state index contributed by atoms with van der Waals surface area (Å²) in [5, 5.41) is 2.45. The van der Waals surface area contributed by atoms with Crippen LogP contribution < -0.4 is 43.4 Å². The zero-order chi connectivity index (χ0) is 34.9. The van der Waals surface area contributed by atoms with Crippen LogP contribution >= 0.6 is 0 Å². The summed E-state index contributed by atoms with van der Waals surface area (Å²) >= 11 is -3.49. The van der Waals surface area contributed by atoms with Crippen LogP contribution in [0.1, 0.15) is 0 Å². The van der Waals surface area contributed by atoms with Gasteiger partial charge in [-0.3, -0.25) is 0 Å². The van der Waals surface area contributed by atoms with E-state index in [0.717, 1.165) is 45.2 Å². The molecule has 0 fully saturated rings. The van der Waals surface area contributed by atoms with Crippen molar-refractivity contribution in [3.63, 3.8) is 0 Å². The van der Waals surface area contributed by atoms with Crippen LogP contribution in [0.4, 0.5) is 0 Å². The maximum atomic E-state index is 6.73. The average Bonchev–Trinajstić information content (AvgIpc) is 3.56. The third-order valence-corrected chi connectivity index (χ3v) is 21.3. The van der Waals surface area contributed by atoms with E-state index in [1.165, 1.54) is 39.3 Å². The molecule has 11 rings (SSSR count). The van der Waals surface area contributed by atoms with E-state index in [4.69, 9.17) is 9.47 Å². The third-order valence-electron chi connectivity index (χ3n) is 11.3. The first-order valence-corrected chi connectivity index (χ1v) is 22.4. The molecule has 0 N–H and O–H groups in total. The fourth-order valence-electron chi connectivity index (χ4n) is 9.06. The molecule has 0 bridgehead atoms. The number of aromatic nitrogens is 1. The molecule has 0 saturated heterocycles. The van der Waals surface area contributed by atoms with Gasteiger partial charge in [-0.2, -0.15) is 0 Å². The first-order chi connectivity index (χ1) is 26.3. The second kappa shape index (κ2) is 11.9. The van der Waals surface area contributed by atoms with Crippen molar-refractivity contribution in [1.82, 2.24) is 4.57 Å². The van der Waals surface area contributed by atoms with Crippen LogP contribution in [-0.2, 0) is 0 Å². The molecular weight excluding hydrogens is 706 g/mol. The van der Waals surface area contributed by atoms with Crippen molar-refractivity contribution < 1.29 is 9.47 Å². The standard InChI is InChI=1S/C48H32BGeNO2/c1-4-16-33(17-5-1)50(34-18-6-2-7-19-34,35-20-8-3-9-21-35)36-28-29-43-39(30-36)38-22-10-13-25-42(38)51(43)37-31-46-48-47(32-37)53-45-27-15-12-24-41(45)49(48)40-23-11-14-26-44(40)52-46/h1-32H. The predicted molar refractivity (Wildman–Crippen MR) is 222 cm³/mol. The van der Waals surface area contributed by atoms with Crippen molar-refractivity contribution in [2.75, 3.05) is 0 Å². The molecule has 0 radical (unpaired) electrons. The van der Waals surface area contributed by atoms with Crippen molar-refractivity contribution in [3.8, 4) is 28.7 Å². The second-order valence-electron chi connectivity index (χ2n) is 14.0. The van der Waals surface area contributed by atoms with Crippen molar-refractivity contribution >= 4 is 75.8 Å². The molecule has 3 nitrogen and oxygen atoms in total. The summed E-state index contributed by atoms with van der Waals surface area (Å²) in [5.41, 5.74) is 6.72. The van der Waals surface area contributed by atoms with Gasteiger partial charge in [-0.05, 0) is 0 Å². The molecule has 2 aliphatic heterocycles. The van der Waals surface area contributed by atoms with Gasteiger partial charge in [0.25, 0.3) is 0 Å². The molecule has 9 aromatic rings. The van der Waals surface area contributed by atoms with Gasteiger partial charge in [0.1, 0.15) is 0 Å². The van der Waals surface area contributed by atoms with E-state index in [9.17, 15) is 0 Å². The topological polar surface area (TPSA) is 23.4 Å². The van der Waals surface area contributed by atoms with Gasteiger partial charge in [0, 0.05) is 0 Å². The fourth-order valence-corrected chi connectivity index (χ4v) is 19.1. The van der Waals surface area contributed by atoms with Gasteiger partial charge in [-0.25, -0.2) is 0 Å². The summed E-state index contributed by atoms with van der Waals surface area (Å²) in [6.07, 6.45) is 0. The number of hydrogen-bond acceptors (Lipinski definition) is 2. The number of ether oxygens (including phenoxy) is 2. The van der Waals surface area contributed by atoms with Gasteiger partial charge in [0.05, 0.1) is 0 Å². The number of fused-ring (bicyclic) bond motifs is 7. The molecule has 0 spiro atoms. The Morgan fingerprint density at radius 1 is 0.377 bits per heavy atom. The molecule has 2 aliphatic rings. The van der Waals surface area contributed by atoms with E-state index in [0.29, 0.717) is 0 Å². The normalized spacial score (nSPS) is 12.8. The molecule has 1 aromatic heterocycles. The Balaban J connectivity index is 1.17. The van der Waals surface area contributed by atoms with Crippen molar-refractivity contribution in [2.45, 2.75) is 0 Å². The summed E-state index contributed by atoms with van der Waals surface area (Å²) in [4.78, 5) is 0. The van der Waals surface area contributed by atoms with E-state index < -0.39 is 13.3 Å². The van der Waals surface area contributed by atoms with Gasteiger partial charge in [0.15, 0.2) is 0 Å². The minimum absolute atomic E-state index is 0.0402. The Labute approximate surface area is 311 Å². The van der Waals surface area contributed by atoms with Crippen molar-refractivity contribution in [3.05, 3.63) is 194 Å². The van der Waals surface area contributed by atoms with Gasteiger partial charge in [0.2, 0.25) is 0 Å². The first kappa shape index (κ1) is 30.4. The average molecular weight is 738 g/mol. The van der Waals surface area contributed by atoms with Crippen LogP contribution in [0.2, 0.25) is 0 Å². The molecular formula is C48H32BGeNO2. The van der Waals surface area contributed by atoms with E-state index in [1.54, 1.807) is 0 Å². The number of rotatable bonds is 5. The quantitative estimate of drug-likeness (QED) is 0.180. The van der Waals surface area contributed by atoms with Crippen molar-refractivity contribution in [1.29, 1.82) is 0 Å². The number of benzene rings is 8. The zero-order valence-electron chi connectivity index (χ0n) is 28.8. The molecule has 3 heterocycles. The van der Waals surface area contributed by atoms with Gasteiger partial charge in [-0.1, -0.05) is 12.1 Å². The van der Waals surface area contributed by atoms with Crippen LogP contribution in [0.3, 0.4) is 0 Å². The zero-order valence-corrected chi connectivity index (χ0v) is 30.9. The molecule has 0 saturated carbocycles. The molecule has 5 heteroatoms. The molecule has 0 atom stereocenters. The molecule has 53 heavy (non-hydrogen) atoms. The Morgan fingerprint density at radius 3 is 1.42 bits per heavy atom. The molecule has 0 aliphatic carbocycles. The Bertz CT molecular complexity index is 2690. The summed E-state index contributed by atoms with van der Waals surface area (Å²) < 4.78 is 21.5. The summed E-state index contributed by atoms with van der Waals surface area (Å²) in [6.45, 7) is 0.0402. The van der Waals surface area contributed by atoms with Crippen LogP contribution in [-0.4, -0.2) is 24.5 Å². The predicted octanol–water partition coefficient (Wildman–Crippen LogP) is 6.89. The SMILES string of the molecule is c1cc[c]([Ge]([c]2ccccc2)([c]2ccccc2)[c]2ccc3c(c2)c2ccccc2n3-c2cc3c4c(c2)Oc2ccccc2B4c2ccccc2O3)cc1. The molecule has 248 valence electrons. The Hall–Kier alpha value is -6.23. The Morgan fingerprint density at radius 2 is 0.849 bits per heavy atom. The van der Waals surface area contributed by atoms with Crippen LogP contribution in [0.25, 0.3) is 27.5 Å². The van der Waals surface area contributed by atoms with Gasteiger partial charge < -0.3 is 0 Å². The van der Waals surface area contributed by atoms with E-state index in [-0.39, 0.29) is 6.71 Å². The number of nitrogens with zero attached hydrogens (tertiary/aromatic N) is 1. The second-order valence-corrected chi connectivity index (χ2v) is 22.0. The molecule has 8 aromatic carbocycles. The van der Waals surface area contributed by atoms with Gasteiger partial charge in [-0.15, -0.1) is 0 Å². The third kappa shape index (κ3) is 4.49. The fraction of sp³-hybridized carbons (Fsp3) is 0. The summed E-state index contributed by atoms with van der Waals surface area (Å²) in [7, 11) is 0. The van der Waals surface area contributed by atoms with Gasteiger partial charge >= 0.3 is 300 Å². The molecule has 0 amide bonds. The maximum absolute atomic E-state index is 6.73. The molecule has 0 unspecified atom stereocenters. The van der Waals surface area contributed by atoms with Crippen LogP contribution in [0.15, 0.2) is 194 Å². The van der Waals surface area contributed by atoms with Crippen LogP contribution in [0.5, 0.6) is 23.0 Å². The number of hydrogen-bond donors (Lipinski definition) is 0. The minimum atomic E-state index is -3.49. The van der Waals surface area contributed by atoms with Crippen LogP contribution in [0, 0.1) is 0 Å². The summed E-state index contributed by atoms with van der Waals surface area (Å²) in [6, 6.07) is 70.9. The monoisotopic (exact) mass is 739 g/mol. The van der Waals surface area contributed by atoms with E-state index in [2.05, 4.69) is 199 Å². The summed E-state index contributed by atoms with van der Waals surface area (Å²) in [5.74, 6) is 3.46.